The number of pyridine rings is 1. The van der Waals surface area contributed by atoms with Crippen LogP contribution in [0.5, 0.6) is 0 Å². The van der Waals surface area contributed by atoms with Gasteiger partial charge in [0.1, 0.15) is 5.82 Å². The maximum Gasteiger partial charge on any atom is 0.123 e. The van der Waals surface area contributed by atoms with Gasteiger partial charge < -0.3 is 15.2 Å². The van der Waals surface area contributed by atoms with E-state index >= 15 is 0 Å². The minimum atomic E-state index is 0.398. The van der Waals surface area contributed by atoms with Crippen LogP contribution >= 0.6 is 0 Å². The fraction of sp³-hybridized carbons (Fsp3) is 0.500. The third-order valence-electron chi connectivity index (χ3n) is 3.46. The number of anilines is 1. The molecule has 0 aliphatic carbocycles. The molecule has 0 spiro atoms. The van der Waals surface area contributed by atoms with Crippen LogP contribution in [0.25, 0.3) is 11.3 Å². The predicted octanol–water partition coefficient (Wildman–Crippen LogP) is 2.68. The molecule has 114 valence electrons. The van der Waals surface area contributed by atoms with Gasteiger partial charge in [-0.3, -0.25) is 0 Å². The highest BCUT2D eigenvalue weighted by atomic mass is 15.1. The molecule has 0 aromatic carbocycles. The van der Waals surface area contributed by atoms with Crippen molar-refractivity contribution in [2.75, 3.05) is 26.4 Å². The summed E-state index contributed by atoms with van der Waals surface area (Å²) in [6.45, 7) is 5.50. The SMILES string of the molecule is CC(C)CC(CN(C)C)n1cncc1-c1ccc(N)nc1. The van der Waals surface area contributed by atoms with Crippen molar-refractivity contribution >= 4 is 5.82 Å². The minimum Gasteiger partial charge on any atom is -0.384 e. The second kappa shape index (κ2) is 6.72. The Kier molecular flexibility index (Phi) is 4.96. The lowest BCUT2D eigenvalue weighted by molar-refractivity contribution is 0.290. The average molecular weight is 287 g/mol. The van der Waals surface area contributed by atoms with Gasteiger partial charge in [-0.15, -0.1) is 0 Å². The Hall–Kier alpha value is -1.88. The van der Waals surface area contributed by atoms with Crippen LogP contribution in [-0.4, -0.2) is 40.1 Å². The van der Waals surface area contributed by atoms with Crippen LogP contribution in [0.1, 0.15) is 26.3 Å². The third-order valence-corrected chi connectivity index (χ3v) is 3.46. The molecule has 0 amide bonds. The number of imidazole rings is 1. The Morgan fingerprint density at radius 1 is 1.24 bits per heavy atom. The quantitative estimate of drug-likeness (QED) is 0.887. The van der Waals surface area contributed by atoms with Crippen LogP contribution in [0.2, 0.25) is 0 Å². The van der Waals surface area contributed by atoms with Gasteiger partial charge in [-0.05, 0) is 38.6 Å². The second-order valence-corrected chi connectivity index (χ2v) is 6.20. The van der Waals surface area contributed by atoms with E-state index in [1.807, 2.05) is 30.9 Å². The van der Waals surface area contributed by atoms with Crippen molar-refractivity contribution in [1.29, 1.82) is 0 Å². The highest BCUT2D eigenvalue weighted by Crippen LogP contribution is 2.26. The largest absolute Gasteiger partial charge is 0.384 e. The van der Waals surface area contributed by atoms with Crippen LogP contribution in [0.4, 0.5) is 5.82 Å². The summed E-state index contributed by atoms with van der Waals surface area (Å²) >= 11 is 0. The van der Waals surface area contributed by atoms with Gasteiger partial charge in [-0.25, -0.2) is 9.97 Å². The molecule has 2 heterocycles. The maximum atomic E-state index is 5.67. The van der Waals surface area contributed by atoms with E-state index in [2.05, 4.69) is 47.4 Å². The zero-order valence-electron chi connectivity index (χ0n) is 13.3. The fourth-order valence-corrected chi connectivity index (χ4v) is 2.62. The average Bonchev–Trinajstić information content (AvgIpc) is 2.87. The molecular formula is C16H25N5. The van der Waals surface area contributed by atoms with Gasteiger partial charge in [-0.1, -0.05) is 13.8 Å². The second-order valence-electron chi connectivity index (χ2n) is 6.20. The third kappa shape index (κ3) is 4.04. The summed E-state index contributed by atoms with van der Waals surface area (Å²) in [4.78, 5) is 10.7. The molecule has 2 N–H and O–H groups in total. The normalized spacial score (nSPS) is 13.0. The minimum absolute atomic E-state index is 0.398. The van der Waals surface area contributed by atoms with Crippen molar-refractivity contribution in [3.05, 3.63) is 30.9 Å². The number of rotatable bonds is 6. The first-order valence-corrected chi connectivity index (χ1v) is 7.36. The number of aromatic nitrogens is 3. The molecule has 21 heavy (non-hydrogen) atoms. The number of nitrogens with two attached hydrogens (primary N) is 1. The molecular weight excluding hydrogens is 262 g/mol. The van der Waals surface area contributed by atoms with Gasteiger partial charge >= 0.3 is 0 Å². The number of hydrogen-bond donors (Lipinski definition) is 1. The predicted molar refractivity (Wildman–Crippen MR) is 86.9 cm³/mol. The van der Waals surface area contributed by atoms with Crippen LogP contribution in [0.15, 0.2) is 30.9 Å². The molecule has 0 radical (unpaired) electrons. The number of likely N-dealkylation sites (N-methyl/N-ethyl adjacent to an activating group) is 1. The summed E-state index contributed by atoms with van der Waals surface area (Å²) in [5.74, 6) is 1.17. The zero-order chi connectivity index (χ0) is 15.4. The van der Waals surface area contributed by atoms with Crippen molar-refractivity contribution in [2.24, 2.45) is 5.92 Å². The lowest BCUT2D eigenvalue weighted by Crippen LogP contribution is -2.25. The van der Waals surface area contributed by atoms with Crippen LogP contribution in [-0.2, 0) is 0 Å². The summed E-state index contributed by atoms with van der Waals surface area (Å²) in [7, 11) is 4.21. The van der Waals surface area contributed by atoms with E-state index in [0.717, 1.165) is 24.2 Å². The van der Waals surface area contributed by atoms with Crippen molar-refractivity contribution in [2.45, 2.75) is 26.3 Å². The topological polar surface area (TPSA) is 60.0 Å². The van der Waals surface area contributed by atoms with Gasteiger partial charge in [0.05, 0.1) is 18.2 Å². The van der Waals surface area contributed by atoms with Crippen molar-refractivity contribution < 1.29 is 0 Å². The molecule has 0 fully saturated rings. The van der Waals surface area contributed by atoms with Gasteiger partial charge in [0.25, 0.3) is 0 Å². The molecule has 5 nitrogen and oxygen atoms in total. The van der Waals surface area contributed by atoms with E-state index < -0.39 is 0 Å². The number of nitrogens with zero attached hydrogens (tertiary/aromatic N) is 4. The number of nitrogen functional groups attached to an aromatic ring is 1. The van der Waals surface area contributed by atoms with Crippen LogP contribution in [0, 0.1) is 5.92 Å². The summed E-state index contributed by atoms with van der Waals surface area (Å²) in [5.41, 5.74) is 7.81. The van der Waals surface area contributed by atoms with E-state index in [4.69, 9.17) is 5.73 Å². The Labute approximate surface area is 126 Å². The number of hydrogen-bond acceptors (Lipinski definition) is 4. The molecule has 0 aliphatic rings. The molecule has 5 heteroatoms. The molecule has 2 rings (SSSR count). The monoisotopic (exact) mass is 287 g/mol. The highest BCUT2D eigenvalue weighted by Gasteiger charge is 2.17. The van der Waals surface area contributed by atoms with Gasteiger partial charge in [0.15, 0.2) is 0 Å². The van der Waals surface area contributed by atoms with Crippen molar-refractivity contribution in [3.63, 3.8) is 0 Å². The molecule has 1 atom stereocenters. The standard InChI is InChI=1S/C16H25N5/c1-12(2)7-14(10-20(3)4)21-11-18-9-15(21)13-5-6-16(17)19-8-13/h5-6,8-9,11-12,14H,7,10H2,1-4H3,(H2,17,19). The Morgan fingerprint density at radius 3 is 2.57 bits per heavy atom. The lowest BCUT2D eigenvalue weighted by atomic mass is 10.0. The molecule has 0 saturated carbocycles. The molecule has 0 bridgehead atoms. The van der Waals surface area contributed by atoms with E-state index in [-0.39, 0.29) is 0 Å². The molecule has 2 aromatic heterocycles. The summed E-state index contributed by atoms with van der Waals surface area (Å²) in [5, 5.41) is 0. The Bertz CT molecular complexity index is 546. The first-order chi connectivity index (χ1) is 9.97. The summed E-state index contributed by atoms with van der Waals surface area (Å²) in [6, 6.07) is 4.23. The first kappa shape index (κ1) is 15.5. The van der Waals surface area contributed by atoms with E-state index in [1.54, 1.807) is 0 Å². The molecule has 0 saturated heterocycles. The molecule has 0 aliphatic heterocycles. The maximum absolute atomic E-state index is 5.67. The first-order valence-electron chi connectivity index (χ1n) is 7.36. The van der Waals surface area contributed by atoms with Crippen LogP contribution in [0.3, 0.4) is 0 Å². The molecule has 1 unspecified atom stereocenters. The van der Waals surface area contributed by atoms with E-state index in [0.29, 0.717) is 17.8 Å². The highest BCUT2D eigenvalue weighted by molar-refractivity contribution is 5.59. The van der Waals surface area contributed by atoms with Crippen molar-refractivity contribution in [3.8, 4) is 11.3 Å². The Morgan fingerprint density at radius 2 is 2.00 bits per heavy atom. The smallest absolute Gasteiger partial charge is 0.123 e. The van der Waals surface area contributed by atoms with Crippen molar-refractivity contribution in [1.82, 2.24) is 19.4 Å². The van der Waals surface area contributed by atoms with E-state index in [1.165, 1.54) is 0 Å². The Balaban J connectivity index is 2.33. The lowest BCUT2D eigenvalue weighted by Gasteiger charge is -2.25. The fourth-order valence-electron chi connectivity index (χ4n) is 2.62. The summed E-state index contributed by atoms with van der Waals surface area (Å²) < 4.78 is 2.26. The van der Waals surface area contributed by atoms with Gasteiger partial charge in [0.2, 0.25) is 0 Å². The molecule has 2 aromatic rings. The van der Waals surface area contributed by atoms with Crippen LogP contribution < -0.4 is 5.73 Å². The van der Waals surface area contributed by atoms with Gasteiger partial charge in [0, 0.05) is 24.3 Å². The zero-order valence-corrected chi connectivity index (χ0v) is 13.3. The summed E-state index contributed by atoms with van der Waals surface area (Å²) in [6.07, 6.45) is 6.74. The van der Waals surface area contributed by atoms with Gasteiger partial charge in [-0.2, -0.15) is 0 Å². The van der Waals surface area contributed by atoms with E-state index in [9.17, 15) is 0 Å².